The van der Waals surface area contributed by atoms with Gasteiger partial charge < -0.3 is 10.4 Å². The van der Waals surface area contributed by atoms with Crippen LogP contribution in [-0.2, 0) is 9.59 Å². The second-order valence-corrected chi connectivity index (χ2v) is 4.65. The second-order valence-electron chi connectivity index (χ2n) is 4.65. The molecule has 4 heteroatoms. The number of aliphatic carboxylic acids is 1. The fourth-order valence-corrected chi connectivity index (χ4v) is 2.49. The Morgan fingerprint density at radius 2 is 2.06 bits per heavy atom. The molecule has 0 aromatic rings. The van der Waals surface area contributed by atoms with Gasteiger partial charge in [-0.2, -0.15) is 0 Å². The topological polar surface area (TPSA) is 66.4 Å². The molecule has 2 N–H and O–H groups in total. The highest BCUT2D eigenvalue weighted by atomic mass is 16.4. The number of hydrogen-bond donors (Lipinski definition) is 2. The molecule has 92 valence electrons. The van der Waals surface area contributed by atoms with Gasteiger partial charge in [-0.3, -0.25) is 9.59 Å². The summed E-state index contributed by atoms with van der Waals surface area (Å²) in [6.07, 6.45) is 8.63. The summed E-state index contributed by atoms with van der Waals surface area (Å²) in [5.41, 5.74) is 0. The van der Waals surface area contributed by atoms with Crippen LogP contribution >= 0.6 is 0 Å². The highest BCUT2D eigenvalue weighted by Gasteiger charge is 2.19. The van der Waals surface area contributed by atoms with Crippen LogP contribution in [0.3, 0.4) is 0 Å². The molecule has 1 unspecified atom stereocenters. The summed E-state index contributed by atoms with van der Waals surface area (Å²) in [4.78, 5) is 20.9. The normalized spacial score (nSPS) is 19.0. The van der Waals surface area contributed by atoms with Gasteiger partial charge in [-0.1, -0.05) is 32.1 Å². The van der Waals surface area contributed by atoms with Crippen LogP contribution < -0.4 is 5.32 Å². The largest absolute Gasteiger partial charge is 0.481 e. The van der Waals surface area contributed by atoms with Gasteiger partial charge in [-0.15, -0.1) is 0 Å². The van der Waals surface area contributed by atoms with Gasteiger partial charge in [0.15, 0.2) is 0 Å². The first-order valence-corrected chi connectivity index (χ1v) is 6.14. The summed E-state index contributed by atoms with van der Waals surface area (Å²) in [6, 6.07) is 0.0386. The minimum absolute atomic E-state index is 0.0386. The molecule has 1 aliphatic carbocycles. The third-order valence-electron chi connectivity index (χ3n) is 3.35. The highest BCUT2D eigenvalue weighted by Crippen LogP contribution is 2.28. The van der Waals surface area contributed by atoms with E-state index in [0.29, 0.717) is 18.7 Å². The van der Waals surface area contributed by atoms with Gasteiger partial charge in [-0.05, 0) is 18.8 Å². The molecule has 0 heterocycles. The molecule has 16 heavy (non-hydrogen) atoms. The highest BCUT2D eigenvalue weighted by molar-refractivity contribution is 5.66. The second kappa shape index (κ2) is 7.25. The smallest absolute Gasteiger partial charge is 0.303 e. The van der Waals surface area contributed by atoms with E-state index >= 15 is 0 Å². The molecule has 0 bridgehead atoms. The predicted octanol–water partition coefficient (Wildman–Crippen LogP) is 1.94. The third kappa shape index (κ3) is 5.14. The molecule has 1 amide bonds. The average Bonchev–Trinajstić information content (AvgIpc) is 2.27. The van der Waals surface area contributed by atoms with Crippen LogP contribution in [0.5, 0.6) is 0 Å². The number of hydrogen-bond acceptors (Lipinski definition) is 2. The maximum atomic E-state index is 10.5. The fraction of sp³-hybridized carbons (Fsp3) is 0.833. The number of nitrogens with one attached hydrogen (secondary N) is 1. The Balaban J connectivity index is 2.30. The van der Waals surface area contributed by atoms with E-state index in [1.54, 1.807) is 0 Å². The van der Waals surface area contributed by atoms with Crippen molar-refractivity contribution in [1.29, 1.82) is 0 Å². The van der Waals surface area contributed by atoms with E-state index in [9.17, 15) is 9.59 Å². The molecule has 0 spiro atoms. The van der Waals surface area contributed by atoms with Crippen LogP contribution in [-0.4, -0.2) is 23.5 Å². The molecule has 0 radical (unpaired) electrons. The van der Waals surface area contributed by atoms with Crippen molar-refractivity contribution >= 4 is 12.4 Å². The van der Waals surface area contributed by atoms with Gasteiger partial charge in [0.05, 0.1) is 0 Å². The third-order valence-corrected chi connectivity index (χ3v) is 3.35. The zero-order valence-corrected chi connectivity index (χ0v) is 9.65. The number of carbonyl (C=O) groups is 2. The SMILES string of the molecule is O=CNC(CCC(=O)O)CC1CCCCC1. The summed E-state index contributed by atoms with van der Waals surface area (Å²) in [6.45, 7) is 0. The summed E-state index contributed by atoms with van der Waals surface area (Å²) in [7, 11) is 0. The van der Waals surface area contributed by atoms with Crippen LogP contribution in [0.15, 0.2) is 0 Å². The number of carboxylic acid groups (broad SMARTS) is 1. The van der Waals surface area contributed by atoms with E-state index in [-0.39, 0.29) is 12.5 Å². The molecular weight excluding hydrogens is 206 g/mol. The maximum Gasteiger partial charge on any atom is 0.303 e. The Hall–Kier alpha value is -1.06. The first-order valence-electron chi connectivity index (χ1n) is 6.14. The predicted molar refractivity (Wildman–Crippen MR) is 61.0 cm³/mol. The average molecular weight is 227 g/mol. The molecule has 4 nitrogen and oxygen atoms in total. The first-order chi connectivity index (χ1) is 7.72. The molecule has 0 aromatic heterocycles. The van der Waals surface area contributed by atoms with E-state index in [0.717, 1.165) is 6.42 Å². The summed E-state index contributed by atoms with van der Waals surface area (Å²) in [5, 5.41) is 11.4. The summed E-state index contributed by atoms with van der Waals surface area (Å²) >= 11 is 0. The van der Waals surface area contributed by atoms with E-state index in [1.807, 2.05) is 0 Å². The molecule has 1 atom stereocenters. The van der Waals surface area contributed by atoms with Crippen molar-refractivity contribution in [2.24, 2.45) is 5.92 Å². The Morgan fingerprint density at radius 1 is 1.38 bits per heavy atom. The van der Waals surface area contributed by atoms with Crippen LogP contribution in [0.4, 0.5) is 0 Å². The fourth-order valence-electron chi connectivity index (χ4n) is 2.49. The lowest BCUT2D eigenvalue weighted by molar-refractivity contribution is -0.137. The number of carbonyl (C=O) groups excluding carboxylic acids is 1. The van der Waals surface area contributed by atoms with Crippen LogP contribution in [0, 0.1) is 5.92 Å². The molecule has 0 aliphatic heterocycles. The molecular formula is C12H21NO3. The standard InChI is InChI=1S/C12H21NO3/c14-9-13-11(6-7-12(15)16)8-10-4-2-1-3-5-10/h9-11H,1-8H2,(H,13,14)(H,15,16). The van der Waals surface area contributed by atoms with Gasteiger partial charge in [-0.25, -0.2) is 0 Å². The monoisotopic (exact) mass is 227 g/mol. The van der Waals surface area contributed by atoms with Crippen LogP contribution in [0.1, 0.15) is 51.4 Å². The van der Waals surface area contributed by atoms with Crippen molar-refractivity contribution in [3.8, 4) is 0 Å². The van der Waals surface area contributed by atoms with Crippen molar-refractivity contribution in [2.75, 3.05) is 0 Å². The lowest BCUT2D eigenvalue weighted by Gasteiger charge is -2.25. The van der Waals surface area contributed by atoms with Crippen molar-refractivity contribution in [3.63, 3.8) is 0 Å². The van der Waals surface area contributed by atoms with Gasteiger partial charge in [0.1, 0.15) is 0 Å². The lowest BCUT2D eigenvalue weighted by atomic mass is 9.84. The molecule has 0 saturated heterocycles. The number of amides is 1. The van der Waals surface area contributed by atoms with Crippen molar-refractivity contribution < 1.29 is 14.7 Å². The molecule has 0 aromatic carbocycles. The molecule has 1 rings (SSSR count). The van der Waals surface area contributed by atoms with E-state index < -0.39 is 5.97 Å². The molecule has 1 aliphatic rings. The summed E-state index contributed by atoms with van der Waals surface area (Å²) < 4.78 is 0. The maximum absolute atomic E-state index is 10.5. The Labute approximate surface area is 96.4 Å². The van der Waals surface area contributed by atoms with E-state index in [1.165, 1.54) is 32.1 Å². The van der Waals surface area contributed by atoms with Crippen LogP contribution in [0.2, 0.25) is 0 Å². The Kier molecular flexibility index (Phi) is 5.90. The first kappa shape index (κ1) is 13.0. The zero-order valence-electron chi connectivity index (χ0n) is 9.65. The number of carboxylic acids is 1. The minimum Gasteiger partial charge on any atom is -0.481 e. The molecule has 1 fully saturated rings. The van der Waals surface area contributed by atoms with Crippen LogP contribution in [0.25, 0.3) is 0 Å². The van der Waals surface area contributed by atoms with Gasteiger partial charge >= 0.3 is 5.97 Å². The van der Waals surface area contributed by atoms with Crippen molar-refractivity contribution in [1.82, 2.24) is 5.32 Å². The molecule has 1 saturated carbocycles. The quantitative estimate of drug-likeness (QED) is 0.653. The van der Waals surface area contributed by atoms with Gasteiger partial charge in [0.2, 0.25) is 6.41 Å². The van der Waals surface area contributed by atoms with E-state index in [4.69, 9.17) is 5.11 Å². The van der Waals surface area contributed by atoms with Gasteiger partial charge in [0.25, 0.3) is 0 Å². The Morgan fingerprint density at radius 3 is 2.62 bits per heavy atom. The van der Waals surface area contributed by atoms with Gasteiger partial charge in [0, 0.05) is 12.5 Å². The Bertz CT molecular complexity index is 224. The summed E-state index contributed by atoms with van der Waals surface area (Å²) in [5.74, 6) is -0.124. The zero-order chi connectivity index (χ0) is 11.8. The lowest BCUT2D eigenvalue weighted by Crippen LogP contribution is -2.31. The number of rotatable bonds is 7. The van der Waals surface area contributed by atoms with Crippen molar-refractivity contribution in [3.05, 3.63) is 0 Å². The minimum atomic E-state index is -0.790. The van der Waals surface area contributed by atoms with Crippen molar-refractivity contribution in [2.45, 2.75) is 57.4 Å². The van der Waals surface area contributed by atoms with E-state index in [2.05, 4.69) is 5.32 Å².